The normalized spacial score (nSPS) is 11.1. The first-order valence-electron chi connectivity index (χ1n) is 7.77. The molecule has 0 aliphatic carbocycles. The molecule has 7 nitrogen and oxygen atoms in total. The summed E-state index contributed by atoms with van der Waals surface area (Å²) in [5.41, 5.74) is 0.957. The molecule has 0 aliphatic heterocycles. The number of carbonyl (C=O) groups is 1. The summed E-state index contributed by atoms with van der Waals surface area (Å²) in [5, 5.41) is 9.07. The zero-order chi connectivity index (χ0) is 17.9. The Hall–Kier alpha value is -2.65. The van der Waals surface area contributed by atoms with Gasteiger partial charge in [-0.2, -0.15) is 0 Å². The highest BCUT2D eigenvalue weighted by Crippen LogP contribution is 2.25. The average Bonchev–Trinajstić information content (AvgIpc) is 3.38. The second-order valence-corrected chi connectivity index (χ2v) is 7.51. The first-order chi connectivity index (χ1) is 12.7. The van der Waals surface area contributed by atoms with Gasteiger partial charge in [-0.15, -0.1) is 21.5 Å². The Balaban J connectivity index is 1.34. The maximum Gasteiger partial charge on any atom is 0.284 e. The summed E-state index contributed by atoms with van der Waals surface area (Å²) in [6.07, 6.45) is 1.53. The van der Waals surface area contributed by atoms with Crippen LogP contribution in [-0.4, -0.2) is 38.8 Å². The summed E-state index contributed by atoms with van der Waals surface area (Å²) >= 11 is 2.80. The van der Waals surface area contributed by atoms with Gasteiger partial charge in [0.15, 0.2) is 5.76 Å². The number of aromatic nitrogens is 3. The van der Waals surface area contributed by atoms with Crippen molar-refractivity contribution in [3.63, 3.8) is 0 Å². The van der Waals surface area contributed by atoms with E-state index in [1.807, 2.05) is 24.3 Å². The molecule has 3 heterocycles. The smallest absolute Gasteiger partial charge is 0.284 e. The van der Waals surface area contributed by atoms with Gasteiger partial charge in [-0.25, -0.2) is 4.98 Å². The number of furan rings is 1. The number of para-hydroxylation sites is 1. The standard InChI is InChI=1S/C17H14N4O3S2/c1-21(9-14-18-11-5-2-3-7-13(11)26-14)15(22)10-25-17-20-19-16(24-17)12-6-4-8-23-12/h2-8H,9-10H2,1H3. The van der Waals surface area contributed by atoms with Gasteiger partial charge < -0.3 is 13.7 Å². The highest BCUT2D eigenvalue weighted by Gasteiger charge is 2.16. The summed E-state index contributed by atoms with van der Waals surface area (Å²) in [6.45, 7) is 0.472. The van der Waals surface area contributed by atoms with Crippen LogP contribution in [0.5, 0.6) is 0 Å². The average molecular weight is 386 g/mol. The molecule has 0 saturated heterocycles. The molecule has 1 amide bonds. The minimum Gasteiger partial charge on any atom is -0.459 e. The van der Waals surface area contributed by atoms with Crippen LogP contribution < -0.4 is 0 Å². The zero-order valence-corrected chi connectivity index (χ0v) is 15.4. The van der Waals surface area contributed by atoms with E-state index in [1.54, 1.807) is 35.4 Å². The minimum absolute atomic E-state index is 0.0352. The van der Waals surface area contributed by atoms with Gasteiger partial charge in [0.25, 0.3) is 11.1 Å². The molecule has 0 atom stereocenters. The zero-order valence-electron chi connectivity index (χ0n) is 13.8. The molecule has 9 heteroatoms. The number of hydrogen-bond donors (Lipinski definition) is 0. The number of amides is 1. The van der Waals surface area contributed by atoms with E-state index in [0.29, 0.717) is 23.4 Å². The first kappa shape index (κ1) is 16.8. The van der Waals surface area contributed by atoms with E-state index in [2.05, 4.69) is 15.2 Å². The highest BCUT2D eigenvalue weighted by atomic mass is 32.2. The van der Waals surface area contributed by atoms with E-state index in [-0.39, 0.29) is 11.7 Å². The molecule has 0 N–H and O–H groups in total. The lowest BCUT2D eigenvalue weighted by Gasteiger charge is -2.14. The van der Waals surface area contributed by atoms with Crippen molar-refractivity contribution in [3.05, 3.63) is 47.7 Å². The van der Waals surface area contributed by atoms with Gasteiger partial charge in [0, 0.05) is 7.05 Å². The molecule has 0 spiro atoms. The summed E-state index contributed by atoms with van der Waals surface area (Å²) in [7, 11) is 1.76. The van der Waals surface area contributed by atoms with Crippen LogP contribution in [0.3, 0.4) is 0 Å². The molecule has 3 aromatic heterocycles. The van der Waals surface area contributed by atoms with Gasteiger partial charge in [0.2, 0.25) is 5.91 Å². The molecule has 4 rings (SSSR count). The van der Waals surface area contributed by atoms with E-state index in [4.69, 9.17) is 8.83 Å². The van der Waals surface area contributed by atoms with Crippen LogP contribution in [0.2, 0.25) is 0 Å². The van der Waals surface area contributed by atoms with Gasteiger partial charge in [-0.1, -0.05) is 23.9 Å². The lowest BCUT2D eigenvalue weighted by molar-refractivity contribution is -0.127. The highest BCUT2D eigenvalue weighted by molar-refractivity contribution is 7.99. The number of nitrogens with zero attached hydrogens (tertiary/aromatic N) is 4. The number of carbonyl (C=O) groups excluding carboxylic acids is 1. The Labute approximate surface area is 157 Å². The molecular formula is C17H14N4O3S2. The Bertz CT molecular complexity index is 993. The number of thioether (sulfide) groups is 1. The largest absolute Gasteiger partial charge is 0.459 e. The minimum atomic E-state index is -0.0352. The lowest BCUT2D eigenvalue weighted by atomic mass is 10.3. The van der Waals surface area contributed by atoms with Crippen LogP contribution in [0, 0.1) is 0 Å². The molecule has 0 fully saturated rings. The van der Waals surface area contributed by atoms with E-state index >= 15 is 0 Å². The lowest BCUT2D eigenvalue weighted by Crippen LogP contribution is -2.27. The maximum absolute atomic E-state index is 12.3. The third-order valence-electron chi connectivity index (χ3n) is 3.59. The van der Waals surface area contributed by atoms with Crippen molar-refractivity contribution >= 4 is 39.2 Å². The number of thiazole rings is 1. The topological polar surface area (TPSA) is 85.3 Å². The van der Waals surface area contributed by atoms with Crippen LogP contribution in [0.25, 0.3) is 21.9 Å². The number of hydrogen-bond acceptors (Lipinski definition) is 8. The van der Waals surface area contributed by atoms with Crippen LogP contribution in [0.15, 0.2) is 56.7 Å². The van der Waals surface area contributed by atoms with Crippen molar-refractivity contribution in [2.24, 2.45) is 0 Å². The summed E-state index contributed by atoms with van der Waals surface area (Å²) in [4.78, 5) is 18.5. The number of rotatable bonds is 6. The molecular weight excluding hydrogens is 372 g/mol. The van der Waals surface area contributed by atoms with E-state index in [1.165, 1.54) is 18.0 Å². The number of fused-ring (bicyclic) bond motifs is 1. The van der Waals surface area contributed by atoms with E-state index < -0.39 is 0 Å². The summed E-state index contributed by atoms with van der Waals surface area (Å²) in [6, 6.07) is 11.4. The molecule has 4 aromatic rings. The van der Waals surface area contributed by atoms with Gasteiger partial charge in [0.1, 0.15) is 5.01 Å². The van der Waals surface area contributed by atoms with E-state index in [9.17, 15) is 4.79 Å². The van der Waals surface area contributed by atoms with Crippen molar-refractivity contribution in [3.8, 4) is 11.7 Å². The Morgan fingerprint density at radius 2 is 2.12 bits per heavy atom. The molecule has 0 aliphatic rings. The Morgan fingerprint density at radius 1 is 1.23 bits per heavy atom. The fourth-order valence-corrected chi connectivity index (χ4v) is 4.00. The van der Waals surface area contributed by atoms with E-state index in [0.717, 1.165) is 15.2 Å². The Morgan fingerprint density at radius 3 is 2.92 bits per heavy atom. The Kier molecular flexibility index (Phi) is 4.72. The maximum atomic E-state index is 12.3. The first-order valence-corrected chi connectivity index (χ1v) is 9.58. The van der Waals surface area contributed by atoms with Crippen molar-refractivity contribution in [2.75, 3.05) is 12.8 Å². The predicted molar refractivity (Wildman–Crippen MR) is 98.8 cm³/mol. The molecule has 1 aromatic carbocycles. The SMILES string of the molecule is CN(Cc1nc2ccccc2s1)C(=O)CSc1nnc(-c2ccco2)o1. The van der Waals surface area contributed by atoms with Gasteiger partial charge in [0.05, 0.1) is 28.8 Å². The van der Waals surface area contributed by atoms with Gasteiger partial charge >= 0.3 is 0 Å². The van der Waals surface area contributed by atoms with Crippen molar-refractivity contribution in [1.82, 2.24) is 20.1 Å². The number of benzene rings is 1. The quantitative estimate of drug-likeness (QED) is 0.467. The van der Waals surface area contributed by atoms with Crippen LogP contribution in [0.1, 0.15) is 5.01 Å². The molecule has 0 radical (unpaired) electrons. The monoisotopic (exact) mass is 386 g/mol. The predicted octanol–water partition coefficient (Wildman–Crippen LogP) is 3.69. The molecule has 26 heavy (non-hydrogen) atoms. The third kappa shape index (κ3) is 3.63. The van der Waals surface area contributed by atoms with Crippen LogP contribution in [-0.2, 0) is 11.3 Å². The third-order valence-corrected chi connectivity index (χ3v) is 5.42. The molecule has 0 unspecified atom stereocenters. The van der Waals surface area contributed by atoms with Crippen molar-refractivity contribution in [2.45, 2.75) is 11.8 Å². The molecule has 132 valence electrons. The van der Waals surface area contributed by atoms with Crippen molar-refractivity contribution in [1.29, 1.82) is 0 Å². The second-order valence-electron chi connectivity index (χ2n) is 5.46. The van der Waals surface area contributed by atoms with Gasteiger partial charge in [-0.3, -0.25) is 4.79 Å². The van der Waals surface area contributed by atoms with Crippen LogP contribution >= 0.6 is 23.1 Å². The second kappa shape index (κ2) is 7.30. The fraction of sp³-hybridized carbons (Fsp3) is 0.176. The molecule has 0 bridgehead atoms. The summed E-state index contributed by atoms with van der Waals surface area (Å²) in [5.74, 6) is 0.977. The summed E-state index contributed by atoms with van der Waals surface area (Å²) < 4.78 is 11.8. The molecule has 0 saturated carbocycles. The van der Waals surface area contributed by atoms with Gasteiger partial charge in [-0.05, 0) is 24.3 Å². The van der Waals surface area contributed by atoms with Crippen LogP contribution in [0.4, 0.5) is 0 Å². The van der Waals surface area contributed by atoms with Crippen molar-refractivity contribution < 1.29 is 13.6 Å². The fourth-order valence-electron chi connectivity index (χ4n) is 2.28.